The number of aryl methyl sites for hydroxylation is 2. The molecule has 270 valence electrons. The van der Waals surface area contributed by atoms with Crippen LogP contribution < -0.4 is 24.2 Å². The van der Waals surface area contributed by atoms with Gasteiger partial charge in [0.25, 0.3) is 10.0 Å². The normalized spacial score (nSPS) is 14.9. The first-order chi connectivity index (χ1) is 25.0. The smallest absolute Gasteiger partial charge is 0.345 e. The van der Waals surface area contributed by atoms with Crippen molar-refractivity contribution in [3.05, 3.63) is 137 Å². The lowest BCUT2D eigenvalue weighted by Crippen LogP contribution is -2.35. The third-order valence-electron chi connectivity index (χ3n) is 8.98. The van der Waals surface area contributed by atoms with Gasteiger partial charge in [-0.3, -0.25) is 4.72 Å². The highest BCUT2D eigenvalue weighted by atomic mass is 32.2. The number of rotatable bonds is 13. The van der Waals surface area contributed by atoms with Gasteiger partial charge in [-0.25, -0.2) is 13.2 Å². The molecule has 1 aliphatic rings. The zero-order valence-electron chi connectivity index (χ0n) is 29.2. The van der Waals surface area contributed by atoms with E-state index in [1.165, 1.54) is 6.07 Å². The molecule has 0 aromatic heterocycles. The number of nitrogens with one attached hydrogen (secondary N) is 2. The molecule has 11 heteroatoms. The lowest BCUT2D eigenvalue weighted by molar-refractivity contribution is -0.145. The molecule has 6 rings (SSSR count). The van der Waals surface area contributed by atoms with Crippen LogP contribution in [0.25, 0.3) is 11.1 Å². The molecule has 52 heavy (non-hydrogen) atoms. The number of ether oxygens (including phenoxy) is 3. The SMILES string of the molecule is Cc1cc(OCCN[C@@H](C)[C@H](O)c2ccc3cc2NS(=O)(=O)c2cccc(c2)CO3)cc(C)c1-c1ccc(OC(Cc2ccccc2)C(=O)O)cc1. The zero-order valence-corrected chi connectivity index (χ0v) is 30.0. The van der Waals surface area contributed by atoms with Gasteiger partial charge >= 0.3 is 5.97 Å². The number of carboxylic acids is 1. The van der Waals surface area contributed by atoms with E-state index in [4.69, 9.17) is 14.2 Å². The third-order valence-corrected chi connectivity index (χ3v) is 10.3. The number of benzene rings is 5. The number of anilines is 1. The van der Waals surface area contributed by atoms with Crippen LogP contribution in [-0.4, -0.2) is 49.9 Å². The molecule has 5 aromatic carbocycles. The van der Waals surface area contributed by atoms with Crippen molar-refractivity contribution in [2.24, 2.45) is 0 Å². The Kier molecular flexibility index (Phi) is 11.1. The predicted molar refractivity (Wildman–Crippen MR) is 199 cm³/mol. The molecule has 3 atom stereocenters. The van der Waals surface area contributed by atoms with Crippen LogP contribution in [0.1, 0.15) is 40.8 Å². The van der Waals surface area contributed by atoms with Gasteiger partial charge in [-0.1, -0.05) is 60.7 Å². The maximum atomic E-state index is 13.2. The van der Waals surface area contributed by atoms with Gasteiger partial charge in [-0.2, -0.15) is 0 Å². The minimum Gasteiger partial charge on any atom is -0.492 e. The molecule has 0 saturated carbocycles. The average Bonchev–Trinajstić information content (AvgIpc) is 3.12. The minimum atomic E-state index is -3.88. The van der Waals surface area contributed by atoms with Crippen LogP contribution in [-0.2, 0) is 27.8 Å². The van der Waals surface area contributed by atoms with Crippen molar-refractivity contribution >= 4 is 21.7 Å². The zero-order chi connectivity index (χ0) is 36.8. The van der Waals surface area contributed by atoms with E-state index in [0.29, 0.717) is 36.0 Å². The maximum Gasteiger partial charge on any atom is 0.345 e. The van der Waals surface area contributed by atoms with E-state index in [-0.39, 0.29) is 23.6 Å². The van der Waals surface area contributed by atoms with Gasteiger partial charge in [0.2, 0.25) is 0 Å². The Morgan fingerprint density at radius 2 is 1.63 bits per heavy atom. The van der Waals surface area contributed by atoms with Crippen molar-refractivity contribution in [3.63, 3.8) is 0 Å². The van der Waals surface area contributed by atoms with E-state index in [1.54, 1.807) is 48.5 Å². The number of aliphatic hydroxyl groups is 1. The maximum absolute atomic E-state index is 13.2. The van der Waals surface area contributed by atoms with Crippen molar-refractivity contribution in [3.8, 4) is 28.4 Å². The van der Waals surface area contributed by atoms with Gasteiger partial charge < -0.3 is 29.7 Å². The number of hydrogen-bond donors (Lipinski definition) is 4. The van der Waals surface area contributed by atoms with Crippen molar-refractivity contribution in [1.82, 2.24) is 5.32 Å². The fourth-order valence-corrected chi connectivity index (χ4v) is 7.46. The predicted octanol–water partition coefficient (Wildman–Crippen LogP) is 6.83. The molecule has 0 amide bonds. The molecule has 0 saturated heterocycles. The van der Waals surface area contributed by atoms with Crippen LogP contribution in [0.15, 0.2) is 114 Å². The lowest BCUT2D eigenvalue weighted by atomic mass is 9.95. The Morgan fingerprint density at radius 1 is 0.904 bits per heavy atom. The number of fused-ring (bicyclic) bond motifs is 4. The second-order valence-electron chi connectivity index (χ2n) is 12.9. The summed E-state index contributed by atoms with van der Waals surface area (Å²) in [5.74, 6) is 0.652. The molecule has 5 aromatic rings. The Morgan fingerprint density at radius 3 is 2.35 bits per heavy atom. The second-order valence-corrected chi connectivity index (χ2v) is 14.6. The monoisotopic (exact) mass is 722 g/mol. The van der Waals surface area contributed by atoms with E-state index >= 15 is 0 Å². The van der Waals surface area contributed by atoms with E-state index in [1.807, 2.05) is 75.4 Å². The number of carbonyl (C=O) groups is 1. The van der Waals surface area contributed by atoms with Gasteiger partial charge in [0.1, 0.15) is 30.5 Å². The number of aliphatic carboxylic acids is 1. The molecule has 10 nitrogen and oxygen atoms in total. The molecular weight excluding hydrogens is 681 g/mol. The third kappa shape index (κ3) is 8.74. The number of hydrogen-bond acceptors (Lipinski definition) is 8. The molecule has 0 fully saturated rings. The first kappa shape index (κ1) is 36.4. The van der Waals surface area contributed by atoms with Gasteiger partial charge in [0.05, 0.1) is 16.7 Å². The molecule has 1 heterocycles. The van der Waals surface area contributed by atoms with Crippen molar-refractivity contribution in [2.75, 3.05) is 17.9 Å². The summed E-state index contributed by atoms with van der Waals surface area (Å²) in [6.07, 6.45) is -1.77. The molecule has 4 N–H and O–H groups in total. The summed E-state index contributed by atoms with van der Waals surface area (Å²) in [5, 5.41) is 24.3. The van der Waals surface area contributed by atoms with Crippen molar-refractivity contribution in [2.45, 2.75) is 56.9 Å². The van der Waals surface area contributed by atoms with E-state index in [9.17, 15) is 23.4 Å². The Bertz CT molecular complexity index is 2120. The van der Waals surface area contributed by atoms with Crippen molar-refractivity contribution in [1.29, 1.82) is 0 Å². The summed E-state index contributed by atoms with van der Waals surface area (Å²) in [6, 6.07) is 31.9. The summed E-state index contributed by atoms with van der Waals surface area (Å²) in [4.78, 5) is 12.0. The lowest BCUT2D eigenvalue weighted by Gasteiger charge is -2.24. The number of aliphatic hydroxyl groups excluding tert-OH is 1. The Hall–Kier alpha value is -5.36. The Labute approximate surface area is 304 Å². The Balaban J connectivity index is 1.04. The molecule has 0 spiro atoms. The van der Waals surface area contributed by atoms with E-state index < -0.39 is 34.2 Å². The van der Waals surface area contributed by atoms with Gasteiger partial charge in [-0.05, 0) is 96.6 Å². The highest BCUT2D eigenvalue weighted by molar-refractivity contribution is 7.92. The standard InChI is InChI=1S/C41H42N2O8S/c1-26-20-34(21-27(2)39(26)31-12-14-32(15-13-31)51-38(41(45)46)23-29-8-5-4-6-9-29)49-19-18-42-28(3)40(44)36-17-16-33-24-37(36)43-52(47,48)35-11-7-10-30(22-35)25-50-33/h4-17,20-22,24,28,38,40,42-44H,18-19,23,25H2,1-3H3,(H,45,46)/t28-,38?,40-/m0/s1. The second kappa shape index (κ2) is 15.9. The van der Waals surface area contributed by atoms with Crippen LogP contribution >= 0.6 is 0 Å². The van der Waals surface area contributed by atoms with Crippen LogP contribution in [0.5, 0.6) is 17.2 Å². The van der Waals surface area contributed by atoms with Gasteiger partial charge in [-0.15, -0.1) is 0 Å². The summed E-state index contributed by atoms with van der Waals surface area (Å²) in [5.41, 5.74) is 6.35. The molecule has 1 unspecified atom stereocenters. The topological polar surface area (TPSA) is 143 Å². The summed E-state index contributed by atoms with van der Waals surface area (Å²) in [6.45, 7) is 6.83. The highest BCUT2D eigenvalue weighted by Crippen LogP contribution is 2.34. The number of sulfonamides is 1. The van der Waals surface area contributed by atoms with Crippen LogP contribution in [0.4, 0.5) is 5.69 Å². The van der Waals surface area contributed by atoms with Gasteiger partial charge in [0, 0.05) is 30.6 Å². The van der Waals surface area contributed by atoms with Crippen LogP contribution in [0.2, 0.25) is 0 Å². The summed E-state index contributed by atoms with van der Waals surface area (Å²) >= 11 is 0. The minimum absolute atomic E-state index is 0.122. The summed E-state index contributed by atoms with van der Waals surface area (Å²) in [7, 11) is -3.88. The van der Waals surface area contributed by atoms with Crippen LogP contribution in [0, 0.1) is 13.8 Å². The molecule has 0 radical (unpaired) electrons. The van der Waals surface area contributed by atoms with E-state index in [0.717, 1.165) is 33.4 Å². The highest BCUT2D eigenvalue weighted by Gasteiger charge is 2.25. The average molecular weight is 723 g/mol. The molecular formula is C41H42N2O8S. The molecule has 1 aliphatic heterocycles. The number of carboxylic acid groups (broad SMARTS) is 1. The fourth-order valence-electron chi connectivity index (χ4n) is 6.32. The van der Waals surface area contributed by atoms with E-state index in [2.05, 4.69) is 10.0 Å². The van der Waals surface area contributed by atoms with Crippen molar-refractivity contribution < 1.29 is 37.6 Å². The largest absolute Gasteiger partial charge is 0.492 e. The first-order valence-corrected chi connectivity index (χ1v) is 18.5. The molecule has 0 aliphatic carbocycles. The summed E-state index contributed by atoms with van der Waals surface area (Å²) < 4.78 is 46.7. The van der Waals surface area contributed by atoms with Gasteiger partial charge in [0.15, 0.2) is 6.10 Å². The molecule has 4 bridgehead atoms. The quantitative estimate of drug-likeness (QED) is 0.0962. The first-order valence-electron chi connectivity index (χ1n) is 17.0. The fraction of sp³-hybridized carbons (Fsp3) is 0.244. The van der Waals surface area contributed by atoms with Crippen LogP contribution in [0.3, 0.4) is 0 Å².